The van der Waals surface area contributed by atoms with E-state index in [4.69, 9.17) is 10.1 Å². The Morgan fingerprint density at radius 1 is 1.06 bits per heavy atom. The third-order valence-corrected chi connectivity index (χ3v) is 6.60. The molecule has 32 heavy (non-hydrogen) atoms. The average molecular weight is 429 g/mol. The van der Waals surface area contributed by atoms with E-state index in [2.05, 4.69) is 33.8 Å². The van der Waals surface area contributed by atoms with Gasteiger partial charge in [-0.25, -0.2) is 14.3 Å². The van der Waals surface area contributed by atoms with E-state index < -0.39 is 0 Å². The lowest BCUT2D eigenvalue weighted by molar-refractivity contribution is 0.541. The normalized spacial score (nSPS) is 18.1. The number of hydrogen-bond acceptors (Lipinski definition) is 6. The molecule has 1 aromatic carbocycles. The fourth-order valence-electron chi connectivity index (χ4n) is 4.60. The molecular formula is C23H24N8O. The third-order valence-electron chi connectivity index (χ3n) is 6.60. The van der Waals surface area contributed by atoms with E-state index in [0.717, 1.165) is 56.7 Å². The number of anilines is 2. The molecule has 0 unspecified atom stereocenters. The molecule has 2 aliphatic carbocycles. The van der Waals surface area contributed by atoms with Crippen molar-refractivity contribution in [1.82, 2.24) is 34.4 Å². The molecule has 2 saturated carbocycles. The Bertz CT molecular complexity index is 1410. The maximum Gasteiger partial charge on any atom is 0.278 e. The molecule has 2 fully saturated rings. The molecule has 2 N–H and O–H groups in total. The van der Waals surface area contributed by atoms with Crippen molar-refractivity contribution in [1.29, 1.82) is 0 Å². The molecule has 4 heterocycles. The second kappa shape index (κ2) is 6.77. The van der Waals surface area contributed by atoms with Gasteiger partial charge in [0.1, 0.15) is 5.39 Å². The lowest BCUT2D eigenvalue weighted by Crippen LogP contribution is -2.23. The Morgan fingerprint density at radius 3 is 2.78 bits per heavy atom. The van der Waals surface area contributed by atoms with Crippen LogP contribution in [0.25, 0.3) is 16.9 Å². The smallest absolute Gasteiger partial charge is 0.278 e. The van der Waals surface area contributed by atoms with Crippen LogP contribution in [-0.2, 0) is 13.0 Å². The van der Waals surface area contributed by atoms with E-state index >= 15 is 0 Å². The summed E-state index contributed by atoms with van der Waals surface area (Å²) in [6.07, 6.45) is 9.02. The highest BCUT2D eigenvalue weighted by atomic mass is 16.1. The third kappa shape index (κ3) is 2.96. The Kier molecular flexibility index (Phi) is 3.84. The van der Waals surface area contributed by atoms with E-state index in [9.17, 15) is 4.79 Å². The first-order chi connectivity index (χ1) is 15.7. The van der Waals surface area contributed by atoms with Gasteiger partial charge < -0.3 is 10.6 Å². The van der Waals surface area contributed by atoms with Crippen LogP contribution in [0.1, 0.15) is 48.9 Å². The number of aromatic nitrogens is 6. The fraction of sp³-hybridized carbons (Fsp3) is 0.391. The van der Waals surface area contributed by atoms with Crippen molar-refractivity contribution < 1.29 is 0 Å². The van der Waals surface area contributed by atoms with Gasteiger partial charge in [0.25, 0.3) is 5.56 Å². The van der Waals surface area contributed by atoms with Crippen LogP contribution in [0.3, 0.4) is 0 Å². The van der Waals surface area contributed by atoms with Gasteiger partial charge in [0.15, 0.2) is 11.5 Å². The van der Waals surface area contributed by atoms with E-state index in [-0.39, 0.29) is 11.6 Å². The topological polar surface area (TPSA) is 94.6 Å². The van der Waals surface area contributed by atoms with Gasteiger partial charge in [-0.3, -0.25) is 9.48 Å². The highest BCUT2D eigenvalue weighted by Crippen LogP contribution is 2.37. The SMILES string of the molecule is O=c1c2cnc(Nc3ccc4c(c3)CNCC4)nc2n(-c2ccn(C3CC3)n2)n1C1CC1. The van der Waals surface area contributed by atoms with Crippen LogP contribution in [-0.4, -0.2) is 35.7 Å². The molecule has 0 spiro atoms. The summed E-state index contributed by atoms with van der Waals surface area (Å²) < 4.78 is 5.70. The van der Waals surface area contributed by atoms with Crippen molar-refractivity contribution >= 4 is 22.7 Å². The minimum atomic E-state index is -0.0464. The monoisotopic (exact) mass is 428 g/mol. The van der Waals surface area contributed by atoms with Crippen LogP contribution >= 0.6 is 0 Å². The highest BCUT2D eigenvalue weighted by molar-refractivity contribution is 5.77. The first kappa shape index (κ1) is 18.1. The quantitative estimate of drug-likeness (QED) is 0.508. The van der Waals surface area contributed by atoms with E-state index in [1.54, 1.807) is 6.20 Å². The summed E-state index contributed by atoms with van der Waals surface area (Å²) in [4.78, 5) is 22.4. The summed E-state index contributed by atoms with van der Waals surface area (Å²) in [5, 5.41) is 12.0. The molecule has 1 aliphatic heterocycles. The molecule has 3 aliphatic rings. The zero-order chi connectivity index (χ0) is 21.2. The molecular weight excluding hydrogens is 404 g/mol. The lowest BCUT2D eigenvalue weighted by Gasteiger charge is -2.18. The summed E-state index contributed by atoms with van der Waals surface area (Å²) in [5.41, 5.74) is 4.17. The molecule has 3 aromatic heterocycles. The van der Waals surface area contributed by atoms with Crippen molar-refractivity contribution in [2.45, 2.75) is 50.7 Å². The summed E-state index contributed by atoms with van der Waals surface area (Å²) in [6, 6.07) is 9.04. The number of rotatable bonds is 5. The van der Waals surface area contributed by atoms with Crippen molar-refractivity contribution in [3.05, 3.63) is 58.1 Å². The summed E-state index contributed by atoms with van der Waals surface area (Å²) in [5.74, 6) is 1.21. The minimum absolute atomic E-state index is 0.0464. The number of nitrogens with zero attached hydrogens (tertiary/aromatic N) is 6. The zero-order valence-corrected chi connectivity index (χ0v) is 17.7. The van der Waals surface area contributed by atoms with Crippen LogP contribution in [0, 0.1) is 0 Å². The first-order valence-electron chi connectivity index (χ1n) is 11.4. The molecule has 162 valence electrons. The summed E-state index contributed by atoms with van der Waals surface area (Å²) >= 11 is 0. The molecule has 9 heteroatoms. The summed E-state index contributed by atoms with van der Waals surface area (Å²) in [7, 11) is 0. The van der Waals surface area contributed by atoms with Gasteiger partial charge >= 0.3 is 0 Å². The average Bonchev–Trinajstić information content (AvgIpc) is 3.75. The van der Waals surface area contributed by atoms with Crippen molar-refractivity contribution in [2.24, 2.45) is 0 Å². The Morgan fingerprint density at radius 2 is 1.94 bits per heavy atom. The first-order valence-corrected chi connectivity index (χ1v) is 11.4. The number of benzene rings is 1. The Balaban J connectivity index is 1.32. The molecule has 0 bridgehead atoms. The number of fused-ring (bicyclic) bond motifs is 2. The van der Waals surface area contributed by atoms with Gasteiger partial charge in [0.05, 0.1) is 12.1 Å². The second-order valence-corrected chi connectivity index (χ2v) is 9.04. The molecule has 0 saturated heterocycles. The van der Waals surface area contributed by atoms with Gasteiger partial charge in [0.2, 0.25) is 5.95 Å². The van der Waals surface area contributed by atoms with Crippen LogP contribution in [0.5, 0.6) is 0 Å². The highest BCUT2D eigenvalue weighted by Gasteiger charge is 2.32. The van der Waals surface area contributed by atoms with Crippen LogP contribution in [0.4, 0.5) is 11.6 Å². The Hall–Kier alpha value is -3.46. The molecule has 0 amide bonds. The van der Waals surface area contributed by atoms with Crippen LogP contribution in [0.2, 0.25) is 0 Å². The van der Waals surface area contributed by atoms with Gasteiger partial charge in [-0.05, 0) is 61.9 Å². The van der Waals surface area contributed by atoms with E-state index in [1.165, 1.54) is 11.1 Å². The maximum atomic E-state index is 13.2. The lowest BCUT2D eigenvalue weighted by atomic mass is 10.0. The minimum Gasteiger partial charge on any atom is -0.324 e. The molecule has 0 atom stereocenters. The van der Waals surface area contributed by atoms with E-state index in [1.807, 2.05) is 26.3 Å². The van der Waals surface area contributed by atoms with Crippen LogP contribution in [0.15, 0.2) is 41.5 Å². The van der Waals surface area contributed by atoms with Crippen molar-refractivity contribution in [3.8, 4) is 5.82 Å². The standard InChI is InChI=1S/C23H24N8O/c32-22-19-13-25-23(26-16-2-1-14-7-9-24-12-15(14)11-16)27-21(19)31(30(22)18-5-6-18)20-8-10-29(28-20)17-3-4-17/h1-2,8,10-11,13,17-18,24H,3-7,9,12H2,(H,25,26,27). The number of hydrogen-bond donors (Lipinski definition) is 2. The van der Waals surface area contributed by atoms with E-state index in [0.29, 0.717) is 23.0 Å². The maximum absolute atomic E-state index is 13.2. The van der Waals surface area contributed by atoms with Gasteiger partial charge in [-0.15, -0.1) is 0 Å². The summed E-state index contributed by atoms with van der Waals surface area (Å²) in [6.45, 7) is 1.89. The van der Waals surface area contributed by atoms with Crippen LogP contribution < -0.4 is 16.2 Å². The fourth-order valence-corrected chi connectivity index (χ4v) is 4.60. The molecule has 4 aromatic rings. The molecule has 0 radical (unpaired) electrons. The van der Waals surface area contributed by atoms with Crippen molar-refractivity contribution in [2.75, 3.05) is 11.9 Å². The number of nitrogens with one attached hydrogen (secondary N) is 2. The second-order valence-electron chi connectivity index (χ2n) is 9.04. The predicted molar refractivity (Wildman–Crippen MR) is 121 cm³/mol. The van der Waals surface area contributed by atoms with Gasteiger partial charge in [0, 0.05) is 30.7 Å². The molecule has 9 nitrogen and oxygen atoms in total. The Labute approximate surface area is 184 Å². The zero-order valence-electron chi connectivity index (χ0n) is 17.7. The largest absolute Gasteiger partial charge is 0.324 e. The van der Waals surface area contributed by atoms with Crippen molar-refractivity contribution in [3.63, 3.8) is 0 Å². The predicted octanol–water partition coefficient (Wildman–Crippen LogP) is 2.84. The van der Waals surface area contributed by atoms with Gasteiger partial charge in [-0.2, -0.15) is 10.1 Å². The molecule has 7 rings (SSSR count). The van der Waals surface area contributed by atoms with Gasteiger partial charge in [-0.1, -0.05) is 6.07 Å².